The maximum absolute atomic E-state index is 3.80. The average molecular weight is 164 g/mol. The van der Waals surface area contributed by atoms with E-state index < -0.39 is 8.07 Å². The Morgan fingerprint density at radius 2 is 1.55 bits per heavy atom. The highest BCUT2D eigenvalue weighted by molar-refractivity contribution is 6.97. The minimum atomic E-state index is -1.63. The molecule has 0 heterocycles. The van der Waals surface area contributed by atoms with Crippen molar-refractivity contribution in [2.75, 3.05) is 0 Å². The van der Waals surface area contributed by atoms with Crippen LogP contribution in [0, 0.1) is 0 Å². The van der Waals surface area contributed by atoms with Crippen molar-refractivity contribution in [1.29, 1.82) is 0 Å². The number of rotatable bonds is 5. The molecule has 0 bridgehead atoms. The van der Waals surface area contributed by atoms with Gasteiger partial charge in [0.25, 0.3) is 0 Å². The van der Waals surface area contributed by atoms with Crippen LogP contribution in [0.25, 0.3) is 0 Å². The van der Waals surface area contributed by atoms with Gasteiger partial charge in [-0.15, -0.1) is 19.7 Å². The average Bonchev–Trinajstić information content (AvgIpc) is 2.08. The lowest BCUT2D eigenvalue weighted by atomic mass is 10.5. The van der Waals surface area contributed by atoms with Crippen LogP contribution in [0.15, 0.2) is 48.6 Å². The van der Waals surface area contributed by atoms with Gasteiger partial charge >= 0.3 is 0 Å². The lowest BCUT2D eigenvalue weighted by Crippen LogP contribution is -2.23. The molecule has 0 aliphatic heterocycles. The van der Waals surface area contributed by atoms with Crippen LogP contribution in [0.5, 0.6) is 0 Å². The third kappa shape index (κ3) is 2.72. The maximum Gasteiger partial charge on any atom is 0.148 e. The maximum atomic E-state index is 3.80. The summed E-state index contributed by atoms with van der Waals surface area (Å²) in [7, 11) is -1.63. The predicted octanol–water partition coefficient (Wildman–Crippen LogP) is 3.12. The Kier molecular flexibility index (Phi) is 4.54. The summed E-state index contributed by atoms with van der Waals surface area (Å²) in [6.07, 6.45) is 3.21. The van der Waals surface area contributed by atoms with Gasteiger partial charge in [-0.05, 0) is 6.42 Å². The van der Waals surface area contributed by atoms with Gasteiger partial charge < -0.3 is 0 Å². The second kappa shape index (κ2) is 4.91. The van der Waals surface area contributed by atoms with E-state index in [0.717, 1.165) is 6.42 Å². The van der Waals surface area contributed by atoms with Crippen LogP contribution < -0.4 is 0 Å². The fraction of sp³-hybridized carbons (Fsp3) is 0.200. The SMILES string of the molecule is C=C[Si](C=C)(C=C)C=CCC. The highest BCUT2D eigenvalue weighted by Crippen LogP contribution is 2.09. The smallest absolute Gasteiger partial charge is 0.106 e. The molecule has 0 atom stereocenters. The Hall–Kier alpha value is -0.823. The van der Waals surface area contributed by atoms with Crippen molar-refractivity contribution >= 4 is 8.07 Å². The van der Waals surface area contributed by atoms with Crippen LogP contribution in [-0.2, 0) is 0 Å². The first-order valence-electron chi connectivity index (χ1n) is 3.83. The summed E-state index contributed by atoms with van der Waals surface area (Å²) in [5.74, 6) is 0. The molecule has 0 aromatic heterocycles. The molecule has 0 nitrogen and oxygen atoms in total. The molecule has 0 saturated carbocycles. The monoisotopic (exact) mass is 164 g/mol. The van der Waals surface area contributed by atoms with Crippen molar-refractivity contribution in [3.8, 4) is 0 Å². The highest BCUT2D eigenvalue weighted by atomic mass is 28.3. The van der Waals surface area contributed by atoms with Gasteiger partial charge in [-0.3, -0.25) is 0 Å². The Morgan fingerprint density at radius 3 is 1.82 bits per heavy atom. The Labute approximate surface area is 70.6 Å². The summed E-state index contributed by atoms with van der Waals surface area (Å²) in [6.45, 7) is 13.5. The minimum absolute atomic E-state index is 1.06. The van der Waals surface area contributed by atoms with Gasteiger partial charge in [0.15, 0.2) is 0 Å². The van der Waals surface area contributed by atoms with Crippen molar-refractivity contribution in [2.45, 2.75) is 13.3 Å². The summed E-state index contributed by atoms with van der Waals surface area (Å²) in [5.41, 5.74) is 8.11. The van der Waals surface area contributed by atoms with E-state index in [1.54, 1.807) is 0 Å². The van der Waals surface area contributed by atoms with Crippen LogP contribution in [0.1, 0.15) is 13.3 Å². The van der Waals surface area contributed by atoms with E-state index in [2.05, 4.69) is 38.4 Å². The molecule has 0 fully saturated rings. The lowest BCUT2D eigenvalue weighted by Gasteiger charge is -2.12. The summed E-state index contributed by atoms with van der Waals surface area (Å²) < 4.78 is 0. The Balaban J connectivity index is 4.53. The zero-order valence-corrected chi connectivity index (χ0v) is 8.22. The quantitative estimate of drug-likeness (QED) is 0.548. The molecular weight excluding hydrogens is 148 g/mol. The molecule has 0 rings (SSSR count). The number of hydrogen-bond acceptors (Lipinski definition) is 0. The molecular formula is C10H16Si. The topological polar surface area (TPSA) is 0 Å². The molecule has 0 aromatic rings. The summed E-state index contributed by atoms with van der Waals surface area (Å²) in [6, 6.07) is 0. The zero-order chi connectivity index (χ0) is 8.74. The third-order valence-electron chi connectivity index (χ3n) is 1.70. The van der Waals surface area contributed by atoms with Gasteiger partial charge in [0, 0.05) is 0 Å². The van der Waals surface area contributed by atoms with E-state index >= 15 is 0 Å². The van der Waals surface area contributed by atoms with Crippen molar-refractivity contribution in [3.05, 3.63) is 48.6 Å². The van der Waals surface area contributed by atoms with Gasteiger partial charge in [0.05, 0.1) is 0 Å². The van der Waals surface area contributed by atoms with E-state index in [0.29, 0.717) is 0 Å². The molecule has 0 aliphatic carbocycles. The van der Waals surface area contributed by atoms with Crippen LogP contribution in [0.4, 0.5) is 0 Å². The predicted molar refractivity (Wildman–Crippen MR) is 55.8 cm³/mol. The summed E-state index contributed by atoms with van der Waals surface area (Å²) in [4.78, 5) is 0. The molecule has 11 heavy (non-hydrogen) atoms. The summed E-state index contributed by atoms with van der Waals surface area (Å²) >= 11 is 0. The van der Waals surface area contributed by atoms with E-state index in [1.807, 2.05) is 17.1 Å². The molecule has 0 N–H and O–H groups in total. The standard InChI is InChI=1S/C10H16Si/c1-5-9-10-11(6-2,7-3)8-4/h6-10H,2-5H2,1H3. The van der Waals surface area contributed by atoms with Gasteiger partial charge in [-0.2, -0.15) is 0 Å². The number of hydrogen-bond donors (Lipinski definition) is 0. The van der Waals surface area contributed by atoms with Gasteiger partial charge in [-0.25, -0.2) is 0 Å². The largest absolute Gasteiger partial charge is 0.148 e. The zero-order valence-electron chi connectivity index (χ0n) is 7.22. The first-order chi connectivity index (χ1) is 5.24. The van der Waals surface area contributed by atoms with Gasteiger partial charge in [0.1, 0.15) is 8.07 Å². The fourth-order valence-electron chi connectivity index (χ4n) is 0.776. The molecule has 0 radical (unpaired) electrons. The van der Waals surface area contributed by atoms with Crippen molar-refractivity contribution in [1.82, 2.24) is 0 Å². The van der Waals surface area contributed by atoms with E-state index in [-0.39, 0.29) is 0 Å². The van der Waals surface area contributed by atoms with E-state index in [4.69, 9.17) is 0 Å². The third-order valence-corrected chi connectivity index (χ3v) is 4.64. The van der Waals surface area contributed by atoms with Crippen molar-refractivity contribution in [3.63, 3.8) is 0 Å². The van der Waals surface area contributed by atoms with Gasteiger partial charge in [-0.1, -0.05) is 35.8 Å². The fourth-order valence-corrected chi connectivity index (χ4v) is 2.33. The first kappa shape index (κ1) is 10.2. The highest BCUT2D eigenvalue weighted by Gasteiger charge is 2.15. The van der Waals surface area contributed by atoms with Gasteiger partial charge in [0.2, 0.25) is 0 Å². The number of allylic oxidation sites excluding steroid dienone is 1. The second-order valence-corrected chi connectivity index (χ2v) is 5.98. The van der Waals surface area contributed by atoms with Crippen LogP contribution in [0.3, 0.4) is 0 Å². The molecule has 60 valence electrons. The van der Waals surface area contributed by atoms with E-state index in [1.165, 1.54) is 0 Å². The second-order valence-electron chi connectivity index (χ2n) is 2.42. The Morgan fingerprint density at radius 1 is 1.09 bits per heavy atom. The first-order valence-corrected chi connectivity index (χ1v) is 6.14. The molecule has 1 heteroatoms. The van der Waals surface area contributed by atoms with Crippen molar-refractivity contribution in [2.24, 2.45) is 0 Å². The molecule has 0 saturated heterocycles. The molecule has 0 aromatic carbocycles. The minimum Gasteiger partial charge on any atom is -0.106 e. The van der Waals surface area contributed by atoms with E-state index in [9.17, 15) is 0 Å². The lowest BCUT2D eigenvalue weighted by molar-refractivity contribution is 1.23. The molecule has 0 spiro atoms. The molecule has 0 unspecified atom stereocenters. The normalized spacial score (nSPS) is 11.4. The molecule has 0 aliphatic rings. The van der Waals surface area contributed by atoms with Crippen LogP contribution in [-0.4, -0.2) is 8.07 Å². The van der Waals surface area contributed by atoms with Crippen LogP contribution >= 0.6 is 0 Å². The molecule has 0 amide bonds. The van der Waals surface area contributed by atoms with Crippen LogP contribution in [0.2, 0.25) is 0 Å². The van der Waals surface area contributed by atoms with Crippen molar-refractivity contribution < 1.29 is 0 Å². The Bertz CT molecular complexity index is 156. The summed E-state index contributed by atoms with van der Waals surface area (Å²) in [5, 5.41) is 0.